The molecule has 0 radical (unpaired) electrons. The van der Waals surface area contributed by atoms with Gasteiger partial charge in [0.25, 0.3) is 17.5 Å². The molecular formula is C20H18N4O6. The number of nitro groups is 1. The molecule has 0 aromatic heterocycles. The van der Waals surface area contributed by atoms with Crippen LogP contribution in [0.5, 0.6) is 5.75 Å². The average molecular weight is 410 g/mol. The average Bonchev–Trinajstić information content (AvgIpc) is 2.71. The minimum atomic E-state index is -0.890. The fraction of sp³-hybridized carbons (Fsp3) is 0.150. The second-order valence-corrected chi connectivity index (χ2v) is 6.55. The number of non-ortho nitro benzene ring substituents is 1. The molecule has 0 bridgehead atoms. The number of rotatable bonds is 5. The number of anilines is 2. The van der Waals surface area contributed by atoms with Gasteiger partial charge in [-0.25, -0.2) is 9.69 Å². The molecule has 10 nitrogen and oxygen atoms in total. The Bertz CT molecular complexity index is 1080. The van der Waals surface area contributed by atoms with E-state index in [1.54, 1.807) is 31.1 Å². The Morgan fingerprint density at radius 1 is 1.10 bits per heavy atom. The van der Waals surface area contributed by atoms with Crippen molar-refractivity contribution in [3.63, 3.8) is 0 Å². The highest BCUT2D eigenvalue weighted by atomic mass is 16.6. The summed E-state index contributed by atoms with van der Waals surface area (Å²) in [5, 5.41) is 13.3. The molecule has 1 aliphatic rings. The van der Waals surface area contributed by atoms with Crippen molar-refractivity contribution in [3.05, 3.63) is 63.7 Å². The number of nitrogens with one attached hydrogen (secondary N) is 1. The molecule has 3 rings (SSSR count). The van der Waals surface area contributed by atoms with Crippen molar-refractivity contribution < 1.29 is 24.0 Å². The molecule has 4 amide bonds. The van der Waals surface area contributed by atoms with Gasteiger partial charge < -0.3 is 9.64 Å². The number of carbonyl (C=O) groups is 3. The van der Waals surface area contributed by atoms with Gasteiger partial charge in [0.05, 0.1) is 17.7 Å². The lowest BCUT2D eigenvalue weighted by Crippen LogP contribution is -2.54. The molecule has 1 N–H and O–H groups in total. The Morgan fingerprint density at radius 3 is 2.33 bits per heavy atom. The van der Waals surface area contributed by atoms with Crippen molar-refractivity contribution in [1.82, 2.24) is 5.32 Å². The number of carbonyl (C=O) groups excluding carboxylic acids is 3. The van der Waals surface area contributed by atoms with Gasteiger partial charge in [0.2, 0.25) is 0 Å². The zero-order valence-electron chi connectivity index (χ0n) is 16.4. The number of barbiturate groups is 1. The first-order chi connectivity index (χ1) is 14.2. The van der Waals surface area contributed by atoms with Gasteiger partial charge in [-0.3, -0.25) is 25.0 Å². The minimum Gasteiger partial charge on any atom is -0.497 e. The Morgan fingerprint density at radius 2 is 1.77 bits per heavy atom. The van der Waals surface area contributed by atoms with Crippen molar-refractivity contribution in [2.75, 3.05) is 31.0 Å². The zero-order valence-corrected chi connectivity index (χ0v) is 16.4. The third-order valence-corrected chi connectivity index (χ3v) is 4.44. The molecule has 30 heavy (non-hydrogen) atoms. The molecule has 2 aromatic carbocycles. The van der Waals surface area contributed by atoms with E-state index in [0.29, 0.717) is 11.4 Å². The van der Waals surface area contributed by atoms with E-state index in [1.165, 1.54) is 43.5 Å². The van der Waals surface area contributed by atoms with Gasteiger partial charge >= 0.3 is 6.03 Å². The highest BCUT2D eigenvalue weighted by Gasteiger charge is 2.37. The second-order valence-electron chi connectivity index (χ2n) is 6.55. The number of ether oxygens (including phenoxy) is 1. The van der Waals surface area contributed by atoms with E-state index in [-0.39, 0.29) is 22.5 Å². The number of urea groups is 1. The predicted octanol–water partition coefficient (Wildman–Crippen LogP) is 2.34. The van der Waals surface area contributed by atoms with Crippen LogP contribution in [0.2, 0.25) is 0 Å². The van der Waals surface area contributed by atoms with E-state index in [4.69, 9.17) is 4.74 Å². The van der Waals surface area contributed by atoms with E-state index in [0.717, 1.165) is 4.90 Å². The predicted molar refractivity (Wildman–Crippen MR) is 109 cm³/mol. The number of nitrogens with zero attached hydrogens (tertiary/aromatic N) is 3. The van der Waals surface area contributed by atoms with Crippen molar-refractivity contribution in [3.8, 4) is 5.75 Å². The molecule has 154 valence electrons. The number of hydrogen-bond donors (Lipinski definition) is 1. The van der Waals surface area contributed by atoms with E-state index >= 15 is 0 Å². The zero-order chi connectivity index (χ0) is 22.0. The fourth-order valence-electron chi connectivity index (χ4n) is 2.96. The van der Waals surface area contributed by atoms with E-state index in [1.807, 2.05) is 0 Å². The molecule has 0 saturated carbocycles. The molecule has 1 heterocycles. The molecule has 0 spiro atoms. The van der Waals surface area contributed by atoms with Gasteiger partial charge in [-0.2, -0.15) is 0 Å². The van der Waals surface area contributed by atoms with Gasteiger partial charge in [-0.15, -0.1) is 0 Å². The first-order valence-electron chi connectivity index (χ1n) is 8.74. The summed E-state index contributed by atoms with van der Waals surface area (Å²) in [7, 11) is 4.92. The molecule has 10 heteroatoms. The summed E-state index contributed by atoms with van der Waals surface area (Å²) in [6, 6.07) is 9.36. The van der Waals surface area contributed by atoms with E-state index in [2.05, 4.69) is 5.32 Å². The Kier molecular flexibility index (Phi) is 5.50. The molecule has 0 unspecified atom stereocenters. The first-order valence-corrected chi connectivity index (χ1v) is 8.74. The highest BCUT2D eigenvalue weighted by Crippen LogP contribution is 2.29. The van der Waals surface area contributed by atoms with Crippen LogP contribution in [0.15, 0.2) is 48.0 Å². The number of amides is 4. The number of benzene rings is 2. The highest BCUT2D eigenvalue weighted by molar-refractivity contribution is 6.39. The third-order valence-electron chi connectivity index (χ3n) is 4.44. The molecule has 0 aliphatic carbocycles. The number of methoxy groups -OCH3 is 1. The number of hydrogen-bond acceptors (Lipinski definition) is 7. The van der Waals surface area contributed by atoms with Gasteiger partial charge in [0, 0.05) is 37.5 Å². The molecule has 1 aliphatic heterocycles. The number of imide groups is 2. The first kappa shape index (κ1) is 20.5. The molecule has 0 atom stereocenters. The smallest absolute Gasteiger partial charge is 0.335 e. The van der Waals surface area contributed by atoms with E-state index in [9.17, 15) is 24.5 Å². The molecular weight excluding hydrogens is 392 g/mol. The van der Waals surface area contributed by atoms with Crippen LogP contribution in [0.1, 0.15) is 5.56 Å². The Balaban J connectivity index is 2.08. The fourth-order valence-corrected chi connectivity index (χ4v) is 2.96. The van der Waals surface area contributed by atoms with Crippen LogP contribution < -0.4 is 19.9 Å². The lowest BCUT2D eigenvalue weighted by Gasteiger charge is -2.26. The van der Waals surface area contributed by atoms with Crippen LogP contribution in [-0.2, 0) is 9.59 Å². The lowest BCUT2D eigenvalue weighted by atomic mass is 10.0. The molecule has 2 aromatic rings. The van der Waals surface area contributed by atoms with Crippen LogP contribution in [0.25, 0.3) is 6.08 Å². The van der Waals surface area contributed by atoms with Gasteiger partial charge in [0.1, 0.15) is 11.3 Å². The maximum absolute atomic E-state index is 13.0. The van der Waals surface area contributed by atoms with E-state index < -0.39 is 22.8 Å². The molecule has 1 saturated heterocycles. The third kappa shape index (κ3) is 3.83. The summed E-state index contributed by atoms with van der Waals surface area (Å²) in [4.78, 5) is 50.8. The van der Waals surface area contributed by atoms with Crippen LogP contribution >= 0.6 is 0 Å². The summed E-state index contributed by atoms with van der Waals surface area (Å²) in [6.07, 6.45) is 1.24. The van der Waals surface area contributed by atoms with Crippen LogP contribution in [-0.4, -0.2) is 44.0 Å². The van der Waals surface area contributed by atoms with Crippen molar-refractivity contribution in [2.45, 2.75) is 0 Å². The van der Waals surface area contributed by atoms with Crippen molar-refractivity contribution >= 4 is 41.0 Å². The molecule has 1 fully saturated rings. The number of nitro benzene ring substituents is 1. The van der Waals surface area contributed by atoms with Crippen LogP contribution in [0.3, 0.4) is 0 Å². The Hall–Kier alpha value is -4.21. The summed E-state index contributed by atoms with van der Waals surface area (Å²) >= 11 is 0. The Labute approximate surface area is 171 Å². The van der Waals surface area contributed by atoms with Gasteiger partial charge in [-0.1, -0.05) is 0 Å². The lowest BCUT2D eigenvalue weighted by molar-refractivity contribution is -0.384. The van der Waals surface area contributed by atoms with Crippen molar-refractivity contribution in [2.24, 2.45) is 0 Å². The van der Waals surface area contributed by atoms with Crippen LogP contribution in [0, 0.1) is 10.1 Å². The maximum atomic E-state index is 13.0. The maximum Gasteiger partial charge on any atom is 0.335 e. The second kappa shape index (κ2) is 8.03. The summed E-state index contributed by atoms with van der Waals surface area (Å²) in [5.41, 5.74) is 0.565. The van der Waals surface area contributed by atoms with Crippen molar-refractivity contribution in [1.29, 1.82) is 0 Å². The van der Waals surface area contributed by atoms with Gasteiger partial charge in [-0.05, 0) is 36.4 Å². The SMILES string of the molecule is COc1ccc(N2C(=O)NC(=O)/C(=C/c3cc([N+](=O)[O-])ccc3N(C)C)C2=O)cc1. The minimum absolute atomic E-state index is 0.195. The monoisotopic (exact) mass is 410 g/mol. The largest absolute Gasteiger partial charge is 0.497 e. The normalized spacial score (nSPS) is 15.2. The topological polar surface area (TPSA) is 122 Å². The summed E-state index contributed by atoms with van der Waals surface area (Å²) < 4.78 is 5.06. The standard InChI is InChI=1S/C20H18N4O6/c1-22(2)17-9-6-14(24(28)29)10-12(17)11-16-18(25)21-20(27)23(19(16)26)13-4-7-15(30-3)8-5-13/h4-11H,1-3H3,(H,21,25,27)/b16-11-. The summed E-state index contributed by atoms with van der Waals surface area (Å²) in [6.45, 7) is 0. The summed E-state index contributed by atoms with van der Waals surface area (Å²) in [5.74, 6) is -1.20. The quantitative estimate of drug-likeness (QED) is 0.347. The van der Waals surface area contributed by atoms with Gasteiger partial charge in [0.15, 0.2) is 0 Å². The van der Waals surface area contributed by atoms with Crippen LogP contribution in [0.4, 0.5) is 21.9 Å².